The zero-order valence-electron chi connectivity index (χ0n) is 12.9. The molecular weight excluding hydrogens is 330 g/mol. The number of aryl methyl sites for hydroxylation is 1. The van der Waals surface area contributed by atoms with Gasteiger partial charge in [-0.05, 0) is 6.92 Å². The van der Waals surface area contributed by atoms with E-state index in [1.165, 1.54) is 17.9 Å². The van der Waals surface area contributed by atoms with Gasteiger partial charge in [0.15, 0.2) is 0 Å². The zero-order chi connectivity index (χ0) is 15.6. The number of aromatic nitrogens is 2. The van der Waals surface area contributed by atoms with Gasteiger partial charge in [-0.25, -0.2) is 8.42 Å². The number of hydrogen-bond acceptors (Lipinski definition) is 5. The smallest absolute Gasteiger partial charge is 0.246 e. The predicted octanol–water partition coefficient (Wildman–Crippen LogP) is -0.797. The molecule has 0 atom stereocenters. The summed E-state index contributed by atoms with van der Waals surface area (Å²) >= 11 is 0. The Kier molecular flexibility index (Phi) is 6.36. The van der Waals surface area contributed by atoms with Gasteiger partial charge in [-0.3, -0.25) is 9.48 Å². The van der Waals surface area contributed by atoms with Crippen LogP contribution in [0.25, 0.3) is 0 Å². The minimum atomic E-state index is -3.70. The molecule has 10 heteroatoms. The molecule has 1 N–H and O–H groups in total. The lowest BCUT2D eigenvalue weighted by Crippen LogP contribution is -2.49. The number of hydrogen-bond donors (Lipinski definition) is 1. The summed E-state index contributed by atoms with van der Waals surface area (Å²) in [6.45, 7) is 4.23. The summed E-state index contributed by atoms with van der Waals surface area (Å²) < 4.78 is 27.5. The van der Waals surface area contributed by atoms with Crippen molar-refractivity contribution in [2.45, 2.75) is 11.8 Å². The van der Waals surface area contributed by atoms with E-state index in [1.807, 2.05) is 0 Å². The molecule has 1 amide bonds. The molecule has 0 unspecified atom stereocenters. The van der Waals surface area contributed by atoms with Gasteiger partial charge in [0.1, 0.15) is 4.90 Å². The third-order valence-electron chi connectivity index (χ3n) is 3.71. The van der Waals surface area contributed by atoms with Gasteiger partial charge in [0.2, 0.25) is 15.9 Å². The lowest BCUT2D eigenvalue weighted by Gasteiger charge is -2.29. The van der Waals surface area contributed by atoms with Gasteiger partial charge in [0.05, 0.1) is 18.4 Å². The molecule has 1 aromatic rings. The van der Waals surface area contributed by atoms with Gasteiger partial charge in [-0.15, -0.1) is 12.4 Å². The van der Waals surface area contributed by atoms with Gasteiger partial charge in [-0.2, -0.15) is 9.40 Å². The first kappa shape index (κ1) is 18.9. The minimum Gasteiger partial charge on any atom is -0.339 e. The number of sulfonamides is 1. The van der Waals surface area contributed by atoms with Crippen molar-refractivity contribution in [1.29, 1.82) is 0 Å². The van der Waals surface area contributed by atoms with Gasteiger partial charge >= 0.3 is 0 Å². The van der Waals surface area contributed by atoms with E-state index in [1.54, 1.807) is 18.9 Å². The molecule has 1 fully saturated rings. The van der Waals surface area contributed by atoms with Crippen LogP contribution in [-0.4, -0.2) is 73.1 Å². The Morgan fingerprint density at radius 2 is 2.00 bits per heavy atom. The Morgan fingerprint density at radius 1 is 1.41 bits per heavy atom. The first-order valence-electron chi connectivity index (χ1n) is 6.77. The fraction of sp³-hybridized carbons (Fsp3) is 0.667. The molecule has 0 aliphatic carbocycles. The van der Waals surface area contributed by atoms with Crippen molar-refractivity contribution in [3.8, 4) is 0 Å². The lowest BCUT2D eigenvalue weighted by atomic mass is 10.3. The standard InChI is InChI=1S/C12H21N5O3S.ClH/c1-10-11(8-14-16(10)3)21(19,20)15(2)9-12(18)17-6-4-13-5-7-17;/h8,13H,4-7,9H2,1-3H3;1H. The van der Waals surface area contributed by atoms with Crippen LogP contribution in [0.5, 0.6) is 0 Å². The number of nitrogens with zero attached hydrogens (tertiary/aromatic N) is 4. The summed E-state index contributed by atoms with van der Waals surface area (Å²) in [5.74, 6) is -0.177. The number of nitrogens with one attached hydrogen (secondary N) is 1. The highest BCUT2D eigenvalue weighted by Crippen LogP contribution is 2.17. The summed E-state index contributed by atoms with van der Waals surface area (Å²) in [4.78, 5) is 14.0. The Labute approximate surface area is 136 Å². The molecule has 0 saturated carbocycles. The molecule has 1 saturated heterocycles. The van der Waals surface area contributed by atoms with Crippen molar-refractivity contribution in [1.82, 2.24) is 24.3 Å². The maximum atomic E-state index is 12.5. The molecule has 22 heavy (non-hydrogen) atoms. The predicted molar refractivity (Wildman–Crippen MR) is 84.5 cm³/mol. The summed E-state index contributed by atoms with van der Waals surface area (Å²) in [7, 11) is -0.596. The Hall–Kier alpha value is -1.16. The average Bonchev–Trinajstić information content (AvgIpc) is 2.80. The quantitative estimate of drug-likeness (QED) is 0.767. The second-order valence-electron chi connectivity index (χ2n) is 5.11. The zero-order valence-corrected chi connectivity index (χ0v) is 14.6. The molecule has 126 valence electrons. The van der Waals surface area contributed by atoms with Crippen LogP contribution in [0.2, 0.25) is 0 Å². The molecular formula is C12H22ClN5O3S. The van der Waals surface area contributed by atoms with Crippen molar-refractivity contribution in [2.24, 2.45) is 7.05 Å². The largest absolute Gasteiger partial charge is 0.339 e. The fourth-order valence-electron chi connectivity index (χ4n) is 2.19. The van der Waals surface area contributed by atoms with Gasteiger partial charge in [0, 0.05) is 40.3 Å². The number of rotatable bonds is 4. The van der Waals surface area contributed by atoms with Crippen LogP contribution in [-0.2, 0) is 21.9 Å². The van der Waals surface area contributed by atoms with E-state index in [-0.39, 0.29) is 29.8 Å². The normalized spacial score (nSPS) is 15.7. The van der Waals surface area contributed by atoms with E-state index in [4.69, 9.17) is 0 Å². The molecule has 1 aromatic heterocycles. The summed E-state index contributed by atoms with van der Waals surface area (Å²) in [5.41, 5.74) is 0.552. The second kappa shape index (κ2) is 7.40. The monoisotopic (exact) mass is 351 g/mol. The minimum absolute atomic E-state index is 0. The van der Waals surface area contributed by atoms with Crippen LogP contribution in [0.1, 0.15) is 5.69 Å². The van der Waals surface area contributed by atoms with Crippen LogP contribution in [0.15, 0.2) is 11.1 Å². The van der Waals surface area contributed by atoms with Crippen LogP contribution in [0.4, 0.5) is 0 Å². The lowest BCUT2D eigenvalue weighted by molar-refractivity contribution is -0.131. The number of piperazine rings is 1. The number of halogens is 1. The Bertz CT molecular complexity index is 625. The summed E-state index contributed by atoms with van der Waals surface area (Å²) in [6.07, 6.45) is 1.32. The van der Waals surface area contributed by atoms with Crippen molar-refractivity contribution in [3.05, 3.63) is 11.9 Å². The van der Waals surface area contributed by atoms with E-state index in [0.29, 0.717) is 18.8 Å². The molecule has 8 nitrogen and oxygen atoms in total. The van der Waals surface area contributed by atoms with E-state index in [9.17, 15) is 13.2 Å². The van der Waals surface area contributed by atoms with E-state index in [0.717, 1.165) is 17.4 Å². The highest BCUT2D eigenvalue weighted by Gasteiger charge is 2.28. The topological polar surface area (TPSA) is 87.5 Å². The maximum Gasteiger partial charge on any atom is 0.246 e. The molecule has 0 aromatic carbocycles. The summed E-state index contributed by atoms with van der Waals surface area (Å²) in [6, 6.07) is 0. The molecule has 1 aliphatic rings. The van der Waals surface area contributed by atoms with E-state index >= 15 is 0 Å². The Morgan fingerprint density at radius 3 is 2.50 bits per heavy atom. The highest BCUT2D eigenvalue weighted by atomic mass is 35.5. The number of amides is 1. The van der Waals surface area contributed by atoms with Crippen LogP contribution in [0.3, 0.4) is 0 Å². The first-order chi connectivity index (χ1) is 9.84. The third kappa shape index (κ3) is 3.78. The molecule has 0 bridgehead atoms. The molecule has 0 radical (unpaired) electrons. The SMILES string of the molecule is Cc1c(S(=O)(=O)N(C)CC(=O)N2CCNCC2)cnn1C.Cl. The number of likely N-dealkylation sites (N-methyl/N-ethyl adjacent to an activating group) is 1. The van der Waals surface area contributed by atoms with Gasteiger partial charge in [-0.1, -0.05) is 0 Å². The number of carbonyl (C=O) groups is 1. The van der Waals surface area contributed by atoms with Crippen molar-refractivity contribution >= 4 is 28.3 Å². The highest BCUT2D eigenvalue weighted by molar-refractivity contribution is 7.89. The first-order valence-corrected chi connectivity index (χ1v) is 8.21. The average molecular weight is 352 g/mol. The molecule has 2 heterocycles. The maximum absolute atomic E-state index is 12.5. The van der Waals surface area contributed by atoms with Crippen LogP contribution in [0, 0.1) is 6.92 Å². The van der Waals surface area contributed by atoms with Crippen molar-refractivity contribution in [2.75, 3.05) is 39.8 Å². The third-order valence-corrected chi connectivity index (χ3v) is 5.61. The molecule has 2 rings (SSSR count). The molecule has 0 spiro atoms. The van der Waals surface area contributed by atoms with Crippen LogP contribution >= 0.6 is 12.4 Å². The van der Waals surface area contributed by atoms with E-state index in [2.05, 4.69) is 10.4 Å². The number of carbonyl (C=O) groups excluding carboxylic acids is 1. The van der Waals surface area contributed by atoms with Crippen LogP contribution < -0.4 is 5.32 Å². The van der Waals surface area contributed by atoms with Crippen molar-refractivity contribution in [3.63, 3.8) is 0 Å². The Balaban J connectivity index is 0.00000242. The van der Waals surface area contributed by atoms with Crippen molar-refractivity contribution < 1.29 is 13.2 Å². The van der Waals surface area contributed by atoms with Gasteiger partial charge < -0.3 is 10.2 Å². The van der Waals surface area contributed by atoms with Gasteiger partial charge in [0.25, 0.3) is 0 Å². The fourth-order valence-corrected chi connectivity index (χ4v) is 3.49. The molecule has 1 aliphatic heterocycles. The summed E-state index contributed by atoms with van der Waals surface area (Å²) in [5, 5.41) is 7.09. The van der Waals surface area contributed by atoms with E-state index < -0.39 is 10.0 Å². The second-order valence-corrected chi connectivity index (χ2v) is 7.12.